The van der Waals surface area contributed by atoms with Gasteiger partial charge in [-0.2, -0.15) is 0 Å². The van der Waals surface area contributed by atoms with Gasteiger partial charge in [-0.1, -0.05) is 17.7 Å². The maximum Gasteiger partial charge on any atom is 0.251 e. The van der Waals surface area contributed by atoms with Gasteiger partial charge < -0.3 is 5.32 Å². The topological polar surface area (TPSA) is 75.3 Å². The Bertz CT molecular complexity index is 961. The van der Waals surface area contributed by atoms with Crippen LogP contribution < -0.4 is 10.0 Å². The van der Waals surface area contributed by atoms with Crippen LogP contribution in [0.5, 0.6) is 0 Å². The van der Waals surface area contributed by atoms with Crippen LogP contribution in [0.25, 0.3) is 0 Å². The zero-order valence-corrected chi connectivity index (χ0v) is 16.8. The number of hydrogen-bond acceptors (Lipinski definition) is 4. The molecule has 3 rings (SSSR count). The Morgan fingerprint density at radius 3 is 2.73 bits per heavy atom. The van der Waals surface area contributed by atoms with Crippen molar-refractivity contribution in [2.75, 3.05) is 16.7 Å². The van der Waals surface area contributed by atoms with Gasteiger partial charge in [-0.25, -0.2) is 8.42 Å². The van der Waals surface area contributed by atoms with Gasteiger partial charge in [0.2, 0.25) is 10.0 Å². The summed E-state index contributed by atoms with van der Waals surface area (Å²) in [7, 11) is -3.41. The van der Waals surface area contributed by atoms with Crippen LogP contribution in [0.3, 0.4) is 0 Å². The lowest BCUT2D eigenvalue weighted by Gasteiger charge is -2.26. The van der Waals surface area contributed by atoms with E-state index in [2.05, 4.69) is 10.0 Å². The SMILES string of the molecule is Cc1ccc(C(=O)NC2CCSc3ccc(Cl)cc32)cc1NS(C)(=O)=O. The first-order chi connectivity index (χ1) is 12.2. The molecule has 0 saturated heterocycles. The Balaban J connectivity index is 1.84. The molecule has 1 atom stereocenters. The molecule has 0 radical (unpaired) electrons. The van der Waals surface area contributed by atoms with E-state index < -0.39 is 10.0 Å². The van der Waals surface area contributed by atoms with Gasteiger partial charge in [-0.15, -0.1) is 11.8 Å². The van der Waals surface area contributed by atoms with Gasteiger partial charge in [-0.05, 0) is 54.8 Å². The number of fused-ring (bicyclic) bond motifs is 1. The molecule has 8 heteroatoms. The molecule has 1 aliphatic rings. The van der Waals surface area contributed by atoms with Crippen LogP contribution in [-0.2, 0) is 10.0 Å². The standard InChI is InChI=1S/C18H19ClN2O3S2/c1-11-3-4-12(9-16(11)21-26(2,23)24)18(22)20-15-7-8-25-17-6-5-13(19)10-14(15)17/h3-6,9-10,15,21H,7-8H2,1-2H3,(H,20,22). The third-order valence-electron chi connectivity index (χ3n) is 4.11. The van der Waals surface area contributed by atoms with Gasteiger partial charge in [0, 0.05) is 21.2 Å². The molecule has 2 aromatic carbocycles. The Labute approximate surface area is 162 Å². The number of rotatable bonds is 4. The smallest absolute Gasteiger partial charge is 0.251 e. The monoisotopic (exact) mass is 410 g/mol. The van der Waals surface area contributed by atoms with E-state index in [4.69, 9.17) is 11.6 Å². The second-order valence-electron chi connectivity index (χ2n) is 6.25. The number of thioether (sulfide) groups is 1. The van der Waals surface area contributed by atoms with E-state index in [1.165, 1.54) is 0 Å². The Hall–Kier alpha value is -1.70. The highest BCUT2D eigenvalue weighted by Crippen LogP contribution is 2.37. The summed E-state index contributed by atoms with van der Waals surface area (Å²) in [6.45, 7) is 1.78. The van der Waals surface area contributed by atoms with Crippen LogP contribution in [0.2, 0.25) is 5.02 Å². The molecule has 0 aromatic heterocycles. The highest BCUT2D eigenvalue weighted by Gasteiger charge is 2.23. The number of hydrogen-bond donors (Lipinski definition) is 2. The molecular weight excluding hydrogens is 392 g/mol. The average Bonchev–Trinajstić information content (AvgIpc) is 2.56. The largest absolute Gasteiger partial charge is 0.345 e. The van der Waals surface area contributed by atoms with Crippen LogP contribution in [0.15, 0.2) is 41.3 Å². The fraction of sp³-hybridized carbons (Fsp3) is 0.278. The van der Waals surface area contributed by atoms with E-state index in [1.54, 1.807) is 36.9 Å². The highest BCUT2D eigenvalue weighted by atomic mass is 35.5. The minimum Gasteiger partial charge on any atom is -0.345 e. The van der Waals surface area contributed by atoms with Gasteiger partial charge in [0.05, 0.1) is 18.0 Å². The molecule has 1 heterocycles. The minimum absolute atomic E-state index is 0.120. The third-order valence-corrected chi connectivity index (χ3v) is 6.06. The van der Waals surface area contributed by atoms with Crippen molar-refractivity contribution in [2.24, 2.45) is 0 Å². The van der Waals surface area contributed by atoms with E-state index in [0.717, 1.165) is 34.5 Å². The first-order valence-electron chi connectivity index (χ1n) is 8.04. The van der Waals surface area contributed by atoms with Crippen LogP contribution in [-0.4, -0.2) is 26.3 Å². The molecule has 5 nitrogen and oxygen atoms in total. The van der Waals surface area contributed by atoms with Crippen LogP contribution in [0.1, 0.15) is 33.9 Å². The highest BCUT2D eigenvalue weighted by molar-refractivity contribution is 7.99. The lowest BCUT2D eigenvalue weighted by molar-refractivity contribution is 0.0935. The van der Waals surface area contributed by atoms with Crippen molar-refractivity contribution < 1.29 is 13.2 Å². The Morgan fingerprint density at radius 1 is 1.23 bits per heavy atom. The minimum atomic E-state index is -3.41. The van der Waals surface area contributed by atoms with Crippen molar-refractivity contribution in [3.8, 4) is 0 Å². The number of amides is 1. The summed E-state index contributed by atoms with van der Waals surface area (Å²) >= 11 is 7.86. The van der Waals surface area contributed by atoms with E-state index in [-0.39, 0.29) is 11.9 Å². The van der Waals surface area contributed by atoms with E-state index in [1.807, 2.05) is 18.2 Å². The average molecular weight is 411 g/mol. The van der Waals surface area contributed by atoms with E-state index >= 15 is 0 Å². The zero-order valence-electron chi connectivity index (χ0n) is 14.4. The quantitative estimate of drug-likeness (QED) is 0.799. The summed E-state index contributed by atoms with van der Waals surface area (Å²) in [6, 6.07) is 10.6. The van der Waals surface area contributed by atoms with Crippen molar-refractivity contribution >= 4 is 45.0 Å². The van der Waals surface area contributed by atoms with Crippen molar-refractivity contribution in [3.63, 3.8) is 0 Å². The first kappa shape index (κ1) is 19.1. The summed E-state index contributed by atoms with van der Waals surface area (Å²) in [5, 5.41) is 3.68. The predicted molar refractivity (Wildman–Crippen MR) is 107 cm³/mol. The van der Waals surface area contributed by atoms with Gasteiger partial charge in [-0.3, -0.25) is 9.52 Å². The number of carbonyl (C=O) groups is 1. The van der Waals surface area contributed by atoms with Gasteiger partial charge >= 0.3 is 0 Å². The van der Waals surface area contributed by atoms with Crippen LogP contribution in [0, 0.1) is 6.92 Å². The molecule has 1 aliphatic heterocycles. The Morgan fingerprint density at radius 2 is 2.00 bits per heavy atom. The molecule has 0 bridgehead atoms. The summed E-state index contributed by atoms with van der Waals surface area (Å²) in [5.74, 6) is 0.665. The summed E-state index contributed by atoms with van der Waals surface area (Å²) < 4.78 is 25.4. The van der Waals surface area contributed by atoms with Crippen molar-refractivity contribution in [2.45, 2.75) is 24.3 Å². The fourth-order valence-corrected chi connectivity index (χ4v) is 4.74. The molecule has 2 aromatic rings. The number of carbonyl (C=O) groups excluding carboxylic acids is 1. The molecular formula is C18H19ClN2O3S2. The summed E-state index contributed by atoms with van der Waals surface area (Å²) in [5.41, 5.74) is 2.58. The van der Waals surface area contributed by atoms with Crippen LogP contribution in [0.4, 0.5) is 5.69 Å². The van der Waals surface area contributed by atoms with Crippen molar-refractivity contribution in [3.05, 3.63) is 58.1 Å². The second kappa shape index (κ2) is 7.50. The van der Waals surface area contributed by atoms with Gasteiger partial charge in [0.1, 0.15) is 0 Å². The van der Waals surface area contributed by atoms with Crippen molar-refractivity contribution in [1.29, 1.82) is 0 Å². The van der Waals surface area contributed by atoms with Crippen molar-refractivity contribution in [1.82, 2.24) is 5.32 Å². The number of sulfonamides is 1. The molecule has 1 amide bonds. The Kier molecular flexibility index (Phi) is 5.50. The lowest BCUT2D eigenvalue weighted by Crippen LogP contribution is -2.30. The molecule has 0 aliphatic carbocycles. The molecule has 1 unspecified atom stereocenters. The maximum atomic E-state index is 12.7. The fourth-order valence-electron chi connectivity index (χ4n) is 2.83. The van der Waals surface area contributed by atoms with Gasteiger partial charge in [0.15, 0.2) is 0 Å². The summed E-state index contributed by atoms with van der Waals surface area (Å²) in [4.78, 5) is 13.8. The zero-order chi connectivity index (χ0) is 18.9. The summed E-state index contributed by atoms with van der Waals surface area (Å²) in [6.07, 6.45) is 1.89. The van der Waals surface area contributed by atoms with Crippen LogP contribution >= 0.6 is 23.4 Å². The molecule has 0 fully saturated rings. The normalized spacial score (nSPS) is 16.7. The molecule has 0 spiro atoms. The molecule has 26 heavy (non-hydrogen) atoms. The predicted octanol–water partition coefficient (Wildman–Crippen LogP) is 3.99. The second-order valence-corrected chi connectivity index (χ2v) is 9.57. The maximum absolute atomic E-state index is 12.7. The number of benzene rings is 2. The lowest BCUT2D eigenvalue weighted by atomic mass is 10.0. The number of aryl methyl sites for hydroxylation is 1. The first-order valence-corrected chi connectivity index (χ1v) is 11.3. The van der Waals surface area contributed by atoms with E-state index in [0.29, 0.717) is 16.3 Å². The molecule has 138 valence electrons. The number of anilines is 1. The third kappa shape index (κ3) is 4.52. The van der Waals surface area contributed by atoms with Gasteiger partial charge in [0.25, 0.3) is 5.91 Å². The van der Waals surface area contributed by atoms with E-state index in [9.17, 15) is 13.2 Å². The molecule has 0 saturated carbocycles. The number of nitrogens with one attached hydrogen (secondary N) is 2. The number of halogens is 1. The molecule has 2 N–H and O–H groups in total.